The third kappa shape index (κ3) is 13.7. The van der Waals surface area contributed by atoms with Gasteiger partial charge in [0.05, 0.1) is 0 Å². The highest BCUT2D eigenvalue weighted by atomic mass is 35.5. The first-order valence-electron chi connectivity index (χ1n) is 18.0. The van der Waals surface area contributed by atoms with Crippen LogP contribution in [0.15, 0.2) is 122 Å². The first-order valence-corrected chi connectivity index (χ1v) is 18.7. The van der Waals surface area contributed by atoms with Crippen molar-refractivity contribution in [2.75, 3.05) is 36.2 Å². The van der Waals surface area contributed by atoms with E-state index in [1.165, 1.54) is 19.4 Å². The number of urea groups is 1. The van der Waals surface area contributed by atoms with Gasteiger partial charge >= 0.3 is 6.03 Å². The minimum absolute atomic E-state index is 0.252. The van der Waals surface area contributed by atoms with Crippen LogP contribution in [-0.4, -0.2) is 41.9 Å². The summed E-state index contributed by atoms with van der Waals surface area (Å²) in [6.45, 7) is 4.06. The zero-order valence-corrected chi connectivity index (χ0v) is 33.8. The van der Waals surface area contributed by atoms with Crippen LogP contribution in [0.2, 0.25) is 10.0 Å². The van der Waals surface area contributed by atoms with E-state index in [1.54, 1.807) is 92.0 Å². The van der Waals surface area contributed by atoms with Crippen molar-refractivity contribution < 1.29 is 23.9 Å². The summed E-state index contributed by atoms with van der Waals surface area (Å²) in [6.07, 6.45) is 4.74. The lowest BCUT2D eigenvalue weighted by atomic mass is 10.1. The summed E-state index contributed by atoms with van der Waals surface area (Å²) < 4.78 is 11.3. The number of anilines is 4. The minimum Gasteiger partial charge on any atom is -0.457 e. The van der Waals surface area contributed by atoms with Gasteiger partial charge in [-0.15, -0.1) is 0 Å². The molecular formula is C43H44Cl2N8O5. The van der Waals surface area contributed by atoms with Gasteiger partial charge in [0.25, 0.3) is 11.8 Å². The Morgan fingerprint density at radius 1 is 0.552 bits per heavy atom. The van der Waals surface area contributed by atoms with Crippen molar-refractivity contribution in [1.29, 1.82) is 0 Å². The number of pyridine rings is 2. The van der Waals surface area contributed by atoms with Crippen LogP contribution in [-0.2, 0) is 12.8 Å². The van der Waals surface area contributed by atoms with E-state index in [-0.39, 0.29) is 23.5 Å². The number of halogens is 2. The third-order valence-corrected chi connectivity index (χ3v) is 8.72. The normalized spacial score (nSPS) is 10.0. The van der Waals surface area contributed by atoms with Crippen molar-refractivity contribution in [3.05, 3.63) is 154 Å². The maximum absolute atomic E-state index is 12.2. The average molecular weight is 824 g/mol. The monoisotopic (exact) mass is 822 g/mol. The van der Waals surface area contributed by atoms with Crippen LogP contribution in [0.3, 0.4) is 0 Å². The zero-order valence-electron chi connectivity index (χ0n) is 32.3. The van der Waals surface area contributed by atoms with E-state index in [2.05, 4.69) is 38.2 Å². The fourth-order valence-electron chi connectivity index (χ4n) is 4.95. The lowest BCUT2D eigenvalue weighted by Crippen LogP contribution is -2.19. The van der Waals surface area contributed by atoms with Gasteiger partial charge in [0.2, 0.25) is 0 Å². The van der Waals surface area contributed by atoms with Crippen LogP contribution in [0.1, 0.15) is 46.0 Å². The van der Waals surface area contributed by atoms with E-state index in [0.29, 0.717) is 50.8 Å². The fraction of sp³-hybridized carbons (Fsp3) is 0.140. The number of amides is 4. The molecule has 0 saturated carbocycles. The second kappa shape index (κ2) is 22.0. The number of carbonyl (C=O) groups is 3. The van der Waals surface area contributed by atoms with Gasteiger partial charge in [-0.1, -0.05) is 37.0 Å². The summed E-state index contributed by atoms with van der Waals surface area (Å²) in [6, 6.07) is 30.9. The molecule has 0 fully saturated rings. The maximum atomic E-state index is 12.2. The molecule has 0 aliphatic rings. The summed E-state index contributed by atoms with van der Waals surface area (Å²) in [5.41, 5.74) is 16.5. The number of benzene rings is 4. The number of hydrogen-bond acceptors (Lipinski definition) is 9. The second-order valence-electron chi connectivity index (χ2n) is 12.2. The van der Waals surface area contributed by atoms with E-state index in [1.807, 2.05) is 31.2 Å². The Hall–Kier alpha value is -6.83. The molecule has 0 aliphatic carbocycles. The second-order valence-corrected chi connectivity index (χ2v) is 13.0. The van der Waals surface area contributed by atoms with Gasteiger partial charge in [-0.3, -0.25) is 19.6 Å². The van der Waals surface area contributed by atoms with Gasteiger partial charge in [0, 0.05) is 71.4 Å². The third-order valence-electron chi connectivity index (χ3n) is 7.98. The molecule has 0 spiro atoms. The molecule has 300 valence electrons. The van der Waals surface area contributed by atoms with E-state index in [4.69, 9.17) is 44.1 Å². The summed E-state index contributed by atoms with van der Waals surface area (Å²) in [5.74, 6) is 1.69. The van der Waals surface area contributed by atoms with Gasteiger partial charge in [-0.25, -0.2) is 4.79 Å². The average Bonchev–Trinajstić information content (AvgIpc) is 3.24. The molecular weight excluding hydrogens is 779 g/mol. The van der Waals surface area contributed by atoms with Gasteiger partial charge < -0.3 is 42.2 Å². The number of nitrogens with two attached hydrogens (primary N) is 2. The highest BCUT2D eigenvalue weighted by Gasteiger charge is 2.09. The van der Waals surface area contributed by atoms with Gasteiger partial charge in [-0.05, 0) is 121 Å². The fourth-order valence-corrected chi connectivity index (χ4v) is 5.45. The molecule has 8 N–H and O–H groups in total. The van der Waals surface area contributed by atoms with E-state index < -0.39 is 0 Å². The molecule has 0 bridgehead atoms. The van der Waals surface area contributed by atoms with E-state index >= 15 is 0 Å². The quantitative estimate of drug-likeness (QED) is 0.0730. The Labute approximate surface area is 347 Å². The van der Waals surface area contributed by atoms with Crippen LogP contribution in [0.25, 0.3) is 0 Å². The molecule has 0 saturated heterocycles. The Morgan fingerprint density at radius 3 is 1.47 bits per heavy atom. The Morgan fingerprint density at radius 2 is 0.983 bits per heavy atom. The number of nitrogen functional groups attached to an aromatic ring is 2. The van der Waals surface area contributed by atoms with E-state index in [0.717, 1.165) is 34.7 Å². The van der Waals surface area contributed by atoms with Gasteiger partial charge in [0.15, 0.2) is 0 Å². The number of hydrogen-bond donors (Lipinski definition) is 6. The highest BCUT2D eigenvalue weighted by Crippen LogP contribution is 2.25. The molecule has 4 aromatic carbocycles. The number of aryl methyl sites for hydroxylation is 2. The number of nitrogens with one attached hydrogen (secondary N) is 4. The number of carbonyl (C=O) groups excluding carboxylic acids is 3. The van der Waals surface area contributed by atoms with Crippen molar-refractivity contribution in [1.82, 2.24) is 20.6 Å². The summed E-state index contributed by atoms with van der Waals surface area (Å²) in [5, 5.41) is 12.0. The van der Waals surface area contributed by atoms with Crippen molar-refractivity contribution >= 4 is 63.8 Å². The summed E-state index contributed by atoms with van der Waals surface area (Å²) in [7, 11) is 3.09. The van der Waals surface area contributed by atoms with Crippen LogP contribution >= 0.6 is 23.2 Å². The molecule has 0 aliphatic heterocycles. The molecule has 4 amide bonds. The maximum Gasteiger partial charge on any atom is 0.323 e. The Bertz CT molecular complexity index is 2310. The zero-order chi connectivity index (χ0) is 42.0. The van der Waals surface area contributed by atoms with Crippen LogP contribution in [0.5, 0.6) is 23.0 Å². The van der Waals surface area contributed by atoms with Crippen LogP contribution in [0.4, 0.5) is 27.5 Å². The van der Waals surface area contributed by atoms with Crippen molar-refractivity contribution in [2.45, 2.75) is 26.7 Å². The molecule has 6 rings (SSSR count). The van der Waals surface area contributed by atoms with Crippen molar-refractivity contribution in [3.63, 3.8) is 0 Å². The van der Waals surface area contributed by atoms with Crippen LogP contribution in [0, 0.1) is 0 Å². The number of nitrogens with zero attached hydrogens (tertiary/aromatic N) is 2. The topological polar surface area (TPSA) is 196 Å². The predicted molar refractivity (Wildman–Crippen MR) is 231 cm³/mol. The SMILES string of the molecule is CCc1cc(N)ccc1Cl.CCc1cc(NC(=O)Nc2ccc(Oc3ccnc(C(=O)NC)c3)cc2)ccc1Cl.CNC(=O)c1cc(Oc2ccc(N)cc2)ccn1. The smallest absolute Gasteiger partial charge is 0.323 e. The molecule has 0 radical (unpaired) electrons. The first kappa shape index (κ1) is 43.9. The first-order chi connectivity index (χ1) is 27.9. The molecule has 0 atom stereocenters. The van der Waals surface area contributed by atoms with E-state index in [9.17, 15) is 14.4 Å². The molecule has 58 heavy (non-hydrogen) atoms. The predicted octanol–water partition coefficient (Wildman–Crippen LogP) is 9.39. The number of aromatic nitrogens is 2. The minimum atomic E-state index is -0.364. The lowest BCUT2D eigenvalue weighted by Gasteiger charge is -2.11. The van der Waals surface area contributed by atoms with Crippen molar-refractivity contribution in [3.8, 4) is 23.0 Å². The Balaban J connectivity index is 0.000000223. The molecule has 2 aromatic heterocycles. The highest BCUT2D eigenvalue weighted by molar-refractivity contribution is 6.31. The lowest BCUT2D eigenvalue weighted by molar-refractivity contribution is 0.0950. The van der Waals surface area contributed by atoms with Crippen molar-refractivity contribution in [2.24, 2.45) is 0 Å². The standard InChI is InChI=1S/C22H21ClN4O3.C13H13N3O2.C8H10ClN/c1-3-14-12-16(6-9-19(14)23)27-22(29)26-15-4-7-17(8-5-15)30-18-10-11-25-20(13-18)21(28)24-2;1-15-13(17)12-8-11(6-7-16-12)18-10-4-2-9(14)3-5-10;1-2-6-5-7(10)3-4-8(6)9/h4-13H,3H2,1-2H3,(H,24,28)(H2,26,27,29);2-8H,14H2,1H3,(H,15,17);3-5H,2,10H2,1H3. The molecule has 2 heterocycles. The largest absolute Gasteiger partial charge is 0.457 e. The van der Waals surface area contributed by atoms with Gasteiger partial charge in [-0.2, -0.15) is 0 Å². The molecule has 15 heteroatoms. The molecule has 0 unspecified atom stereocenters. The summed E-state index contributed by atoms with van der Waals surface area (Å²) in [4.78, 5) is 43.3. The number of ether oxygens (including phenoxy) is 2. The number of rotatable bonds is 10. The Kier molecular flexibility index (Phi) is 16.7. The molecule has 6 aromatic rings. The summed E-state index contributed by atoms with van der Waals surface area (Å²) >= 11 is 11.9. The van der Waals surface area contributed by atoms with Gasteiger partial charge in [0.1, 0.15) is 34.4 Å². The van der Waals surface area contributed by atoms with Crippen LogP contribution < -0.4 is 42.2 Å². The molecule has 13 nitrogen and oxygen atoms in total.